The normalized spacial score (nSPS) is 28.9. The summed E-state index contributed by atoms with van der Waals surface area (Å²) in [7, 11) is 0. The van der Waals surface area contributed by atoms with Gasteiger partial charge in [-0.2, -0.15) is 0 Å². The van der Waals surface area contributed by atoms with Crippen LogP contribution < -0.4 is 0 Å². The van der Waals surface area contributed by atoms with E-state index in [1.54, 1.807) is 0 Å². The fourth-order valence-corrected chi connectivity index (χ4v) is 5.71. The van der Waals surface area contributed by atoms with Crippen LogP contribution in [0, 0.1) is 11.8 Å². The first-order valence-electron chi connectivity index (χ1n) is 9.92. The Labute approximate surface area is 168 Å². The van der Waals surface area contributed by atoms with Gasteiger partial charge >= 0.3 is 0 Å². The molecular weight excluding hydrogens is 362 g/mol. The first-order chi connectivity index (χ1) is 14.1. The maximum absolute atomic E-state index is 13.5. The number of benzene rings is 3. The molecule has 4 heteroatoms. The Hall–Kier alpha value is -3.24. The molecular formula is C25H19NO3. The van der Waals surface area contributed by atoms with Crippen LogP contribution in [0.4, 0.5) is 0 Å². The van der Waals surface area contributed by atoms with Crippen molar-refractivity contribution >= 4 is 11.8 Å². The quantitative estimate of drug-likeness (QED) is 0.694. The number of hydrogen-bond donors (Lipinski definition) is 1. The summed E-state index contributed by atoms with van der Waals surface area (Å²) in [6.45, 7) is 0.237. The number of rotatable bonds is 2. The first kappa shape index (κ1) is 16.7. The van der Waals surface area contributed by atoms with Crippen molar-refractivity contribution in [2.24, 2.45) is 11.8 Å². The molecule has 29 heavy (non-hydrogen) atoms. The monoisotopic (exact) mass is 381 g/mol. The van der Waals surface area contributed by atoms with E-state index in [4.69, 9.17) is 0 Å². The molecule has 0 radical (unpaired) electrons. The van der Waals surface area contributed by atoms with E-state index in [1.807, 2.05) is 78.9 Å². The lowest BCUT2D eigenvalue weighted by atomic mass is 9.52. The number of imide groups is 1. The zero-order valence-corrected chi connectivity index (χ0v) is 15.7. The van der Waals surface area contributed by atoms with Gasteiger partial charge in [0.15, 0.2) is 0 Å². The fourth-order valence-electron chi connectivity index (χ4n) is 5.71. The minimum Gasteiger partial charge on any atom is -0.379 e. The molecule has 0 aromatic heterocycles. The Balaban J connectivity index is 1.55. The zero-order valence-electron chi connectivity index (χ0n) is 15.7. The van der Waals surface area contributed by atoms with Crippen molar-refractivity contribution < 1.29 is 14.7 Å². The minimum atomic E-state index is -1.48. The molecule has 3 aliphatic carbocycles. The van der Waals surface area contributed by atoms with Gasteiger partial charge in [0.1, 0.15) is 5.60 Å². The second-order valence-electron chi connectivity index (χ2n) is 8.17. The Bertz CT molecular complexity index is 1120. The summed E-state index contributed by atoms with van der Waals surface area (Å²) in [5, 5.41) is 12.1. The van der Waals surface area contributed by atoms with Crippen LogP contribution in [0.15, 0.2) is 78.9 Å². The van der Waals surface area contributed by atoms with Gasteiger partial charge in [0.2, 0.25) is 11.8 Å². The first-order valence-corrected chi connectivity index (χ1v) is 9.92. The second kappa shape index (κ2) is 5.65. The molecule has 2 bridgehead atoms. The van der Waals surface area contributed by atoms with Crippen molar-refractivity contribution in [3.8, 4) is 0 Å². The Morgan fingerprint density at radius 3 is 1.93 bits per heavy atom. The molecule has 0 unspecified atom stereocenters. The standard InChI is InChI=1S/C25H19NO3/c27-23-21-20-16-10-4-6-12-18(16)25(29,19-13-7-5-11-17(19)20)22(21)24(28)26(23)14-15-8-2-1-3-9-15/h1-13,20-22,29H,14H2/t20?,21-,22+,25?/m1/s1. The summed E-state index contributed by atoms with van der Waals surface area (Å²) in [6, 6.07) is 24.9. The van der Waals surface area contributed by atoms with E-state index in [-0.39, 0.29) is 24.3 Å². The van der Waals surface area contributed by atoms with Crippen LogP contribution in [0.2, 0.25) is 0 Å². The minimum absolute atomic E-state index is 0.184. The van der Waals surface area contributed by atoms with E-state index in [9.17, 15) is 14.7 Å². The summed E-state index contributed by atoms with van der Waals surface area (Å²) >= 11 is 0. The highest BCUT2D eigenvalue weighted by molar-refractivity contribution is 6.08. The van der Waals surface area contributed by atoms with Gasteiger partial charge in [-0.25, -0.2) is 0 Å². The maximum Gasteiger partial charge on any atom is 0.237 e. The number of aliphatic hydroxyl groups is 1. The number of hydrogen-bond acceptors (Lipinski definition) is 3. The summed E-state index contributed by atoms with van der Waals surface area (Å²) in [5.74, 6) is -2.02. The van der Waals surface area contributed by atoms with Crippen LogP contribution in [-0.2, 0) is 21.7 Å². The van der Waals surface area contributed by atoms with Gasteiger partial charge in [0.25, 0.3) is 0 Å². The highest BCUT2D eigenvalue weighted by Crippen LogP contribution is 2.62. The van der Waals surface area contributed by atoms with Gasteiger partial charge < -0.3 is 5.11 Å². The molecule has 1 saturated heterocycles. The second-order valence-corrected chi connectivity index (χ2v) is 8.17. The highest BCUT2D eigenvalue weighted by atomic mass is 16.3. The number of carbonyl (C=O) groups excluding carboxylic acids is 2. The van der Waals surface area contributed by atoms with Gasteiger partial charge in [0, 0.05) is 5.92 Å². The van der Waals surface area contributed by atoms with Crippen molar-refractivity contribution in [3.63, 3.8) is 0 Å². The lowest BCUT2D eigenvalue weighted by Gasteiger charge is -2.51. The van der Waals surface area contributed by atoms with E-state index in [1.165, 1.54) is 4.90 Å². The average molecular weight is 381 g/mol. The SMILES string of the molecule is O=C1[C@@H]2C3c4ccccc4C(O)(c4ccccc43)[C@@H]2C(=O)N1Cc1ccccc1. The van der Waals surface area contributed by atoms with E-state index in [2.05, 4.69) is 0 Å². The summed E-state index contributed by atoms with van der Waals surface area (Å²) < 4.78 is 0. The molecule has 0 spiro atoms. The number of carbonyl (C=O) groups is 2. The molecule has 0 saturated carbocycles. The number of nitrogens with zero attached hydrogens (tertiary/aromatic N) is 1. The Kier molecular flexibility index (Phi) is 3.25. The summed E-state index contributed by atoms with van der Waals surface area (Å²) in [4.78, 5) is 28.4. The van der Waals surface area contributed by atoms with Gasteiger partial charge in [0.05, 0.1) is 18.4 Å². The van der Waals surface area contributed by atoms with Crippen LogP contribution in [0.25, 0.3) is 0 Å². The van der Waals surface area contributed by atoms with Gasteiger partial charge in [-0.15, -0.1) is 0 Å². The van der Waals surface area contributed by atoms with Crippen molar-refractivity contribution in [2.45, 2.75) is 18.1 Å². The molecule has 1 fully saturated rings. The molecule has 1 aliphatic heterocycles. The van der Waals surface area contributed by atoms with Crippen molar-refractivity contribution in [3.05, 3.63) is 107 Å². The molecule has 2 amide bonds. The predicted molar refractivity (Wildman–Crippen MR) is 107 cm³/mol. The maximum atomic E-state index is 13.5. The van der Waals surface area contributed by atoms with Gasteiger partial charge in [-0.1, -0.05) is 78.9 Å². The van der Waals surface area contributed by atoms with Crippen LogP contribution >= 0.6 is 0 Å². The molecule has 4 aliphatic rings. The number of amides is 2. The van der Waals surface area contributed by atoms with Crippen LogP contribution in [-0.4, -0.2) is 21.8 Å². The van der Waals surface area contributed by atoms with Crippen molar-refractivity contribution in [1.29, 1.82) is 0 Å². The van der Waals surface area contributed by atoms with Crippen LogP contribution in [0.3, 0.4) is 0 Å². The molecule has 3 aromatic rings. The van der Waals surface area contributed by atoms with Crippen molar-refractivity contribution in [2.75, 3.05) is 0 Å². The lowest BCUT2D eigenvalue weighted by Crippen LogP contribution is -2.53. The molecule has 1 N–H and O–H groups in total. The third-order valence-electron chi connectivity index (χ3n) is 6.85. The Morgan fingerprint density at radius 2 is 1.31 bits per heavy atom. The largest absolute Gasteiger partial charge is 0.379 e. The van der Waals surface area contributed by atoms with Gasteiger partial charge in [-0.05, 0) is 27.8 Å². The average Bonchev–Trinajstić information content (AvgIpc) is 3.01. The molecule has 7 rings (SSSR count). The van der Waals surface area contributed by atoms with Crippen LogP contribution in [0.5, 0.6) is 0 Å². The van der Waals surface area contributed by atoms with Crippen LogP contribution in [0.1, 0.15) is 33.7 Å². The third kappa shape index (κ3) is 1.97. The lowest BCUT2D eigenvalue weighted by molar-refractivity contribution is -0.142. The smallest absolute Gasteiger partial charge is 0.237 e. The topological polar surface area (TPSA) is 57.6 Å². The van der Waals surface area contributed by atoms with Gasteiger partial charge in [-0.3, -0.25) is 14.5 Å². The molecule has 4 nitrogen and oxygen atoms in total. The molecule has 1 heterocycles. The molecule has 2 atom stereocenters. The van der Waals surface area contributed by atoms with E-state index in [0.717, 1.165) is 27.8 Å². The van der Waals surface area contributed by atoms with E-state index >= 15 is 0 Å². The Morgan fingerprint density at radius 1 is 0.759 bits per heavy atom. The van der Waals surface area contributed by atoms with E-state index < -0.39 is 17.4 Å². The summed E-state index contributed by atoms with van der Waals surface area (Å²) in [5.41, 5.74) is 2.85. The third-order valence-corrected chi connectivity index (χ3v) is 6.85. The summed E-state index contributed by atoms with van der Waals surface area (Å²) in [6.07, 6.45) is 0. The predicted octanol–water partition coefficient (Wildman–Crippen LogP) is 3.18. The fraction of sp³-hybridized carbons (Fsp3) is 0.200. The van der Waals surface area contributed by atoms with E-state index in [0.29, 0.717) is 0 Å². The number of likely N-dealkylation sites (tertiary alicyclic amines) is 1. The zero-order chi connectivity index (χ0) is 19.8. The molecule has 3 aromatic carbocycles. The highest BCUT2D eigenvalue weighted by Gasteiger charge is 2.67. The molecule has 142 valence electrons. The van der Waals surface area contributed by atoms with Crippen molar-refractivity contribution in [1.82, 2.24) is 4.90 Å².